The monoisotopic (exact) mass is 1180 g/mol. The number of pyridine rings is 1. The number of hydrogen-bond acceptors (Lipinski definition) is 7. The minimum atomic E-state index is -4.90. The Bertz CT molecular complexity index is 3950. The van der Waals surface area contributed by atoms with Gasteiger partial charge in [-0.25, -0.2) is 4.98 Å². The third kappa shape index (κ3) is 9.15. The first-order chi connectivity index (χ1) is 35.1. The molecule has 0 atom stereocenters. The second kappa shape index (κ2) is 18.6. The van der Waals surface area contributed by atoms with Crippen molar-refractivity contribution in [1.29, 1.82) is 0 Å². The summed E-state index contributed by atoms with van der Waals surface area (Å²) in [7, 11) is 0. The molecule has 0 aliphatic carbocycles. The molecule has 0 aliphatic rings. The summed E-state index contributed by atoms with van der Waals surface area (Å²) in [5.74, 6) is 0.204. The average Bonchev–Trinajstić information content (AvgIpc) is 4.13. The summed E-state index contributed by atoms with van der Waals surface area (Å²) in [5.41, 5.74) is 8.46. The number of phenols is 1. The molecule has 0 amide bonds. The summed E-state index contributed by atoms with van der Waals surface area (Å²) in [6.07, 6.45) is -2.15. The number of imidazole rings is 1. The van der Waals surface area contributed by atoms with Crippen LogP contribution in [0.3, 0.4) is 0 Å². The van der Waals surface area contributed by atoms with Gasteiger partial charge < -0.3 is 13.9 Å². The first-order valence-corrected chi connectivity index (χ1v) is 24.6. The zero-order valence-electron chi connectivity index (χ0n) is 42.9. The van der Waals surface area contributed by atoms with Crippen molar-refractivity contribution in [2.45, 2.75) is 84.7 Å². The van der Waals surface area contributed by atoms with Crippen molar-refractivity contribution in [3.8, 4) is 78.9 Å². The first-order valence-electron chi connectivity index (χ1n) is 24.6. The van der Waals surface area contributed by atoms with Crippen LogP contribution < -0.4 is 0 Å². The van der Waals surface area contributed by atoms with Crippen LogP contribution in [0.5, 0.6) is 5.75 Å². The summed E-state index contributed by atoms with van der Waals surface area (Å²) >= 11 is 0. The van der Waals surface area contributed by atoms with E-state index in [9.17, 15) is 5.11 Å². The van der Waals surface area contributed by atoms with Gasteiger partial charge in [-0.3, -0.25) is 9.55 Å². The number of alkyl halides is 3. The van der Waals surface area contributed by atoms with Gasteiger partial charge in [0.15, 0.2) is 0 Å². The van der Waals surface area contributed by atoms with Crippen LogP contribution in [0.2, 0.25) is 0 Å². The predicted molar refractivity (Wildman–Crippen MR) is 288 cm³/mol. The van der Waals surface area contributed by atoms with Crippen molar-refractivity contribution >= 4 is 33.0 Å². The third-order valence-electron chi connectivity index (χ3n) is 13.8. The Labute approximate surface area is 447 Å². The third-order valence-corrected chi connectivity index (χ3v) is 13.8. The molecule has 0 spiro atoms. The number of rotatable bonds is 7. The van der Waals surface area contributed by atoms with Crippen molar-refractivity contribution < 1.29 is 48.2 Å². The summed E-state index contributed by atoms with van der Waals surface area (Å²) in [4.78, 5) is 10.4. The van der Waals surface area contributed by atoms with Crippen LogP contribution in [0, 0.1) is 6.07 Å². The molecule has 8 nitrogen and oxygen atoms in total. The Morgan fingerprint density at radius 2 is 1.31 bits per heavy atom. The number of fused-ring (bicyclic) bond motifs is 4. The smallest absolute Gasteiger partial charge is 0.420 e. The Hall–Kier alpha value is -7.62. The average molecular weight is 1180 g/mol. The van der Waals surface area contributed by atoms with Gasteiger partial charge in [-0.2, -0.15) is 13.2 Å². The summed E-state index contributed by atoms with van der Waals surface area (Å²) < 4.78 is 61.0. The fourth-order valence-corrected chi connectivity index (χ4v) is 9.98. The van der Waals surface area contributed by atoms with Crippen molar-refractivity contribution in [1.82, 2.24) is 24.7 Å². The molecule has 0 aliphatic heterocycles. The van der Waals surface area contributed by atoms with Gasteiger partial charge in [-0.1, -0.05) is 153 Å². The maximum absolute atomic E-state index is 15.7. The Kier molecular flexibility index (Phi) is 12.6. The maximum atomic E-state index is 15.7. The summed E-state index contributed by atoms with van der Waals surface area (Å²) in [6, 6.07) is 48.6. The molecule has 12 heteroatoms. The number of benzene rings is 7. The SMILES string of the molecule is CC(C)(C)c1ccc(-n2c(-c3cc(C(C)(C)C)cc(C(C)(C)C)c3O)nc3c(-c4[c-]c(-c5cc(-c6ccccc6)ccn5)ccc4)c4c(cc32)oc2c(C(F)(F)F)c(-c3nnco3)ccc24)c(-c2ccccc2)c1.[Pt]. The Balaban J connectivity index is 0.00000641. The van der Waals surface area contributed by atoms with Gasteiger partial charge in [0.05, 0.1) is 27.8 Å². The van der Waals surface area contributed by atoms with Gasteiger partial charge in [0.2, 0.25) is 12.3 Å². The van der Waals surface area contributed by atoms with Crippen LogP contribution in [0.15, 0.2) is 161 Å². The maximum Gasteiger partial charge on any atom is 0.420 e. The molecule has 0 radical (unpaired) electrons. The quantitative estimate of drug-likeness (QED) is 0.159. The first kappa shape index (κ1) is 50.9. The van der Waals surface area contributed by atoms with Crippen molar-refractivity contribution in [3.05, 3.63) is 180 Å². The largest absolute Gasteiger partial charge is 0.507 e. The van der Waals surface area contributed by atoms with E-state index >= 15 is 13.2 Å². The molecule has 0 saturated carbocycles. The molecule has 7 aromatic carbocycles. The summed E-state index contributed by atoms with van der Waals surface area (Å²) in [6.45, 7) is 19.1. The second-order valence-corrected chi connectivity index (χ2v) is 22.0. The topological polar surface area (TPSA) is 103 Å². The van der Waals surface area contributed by atoms with Crippen molar-refractivity contribution in [2.24, 2.45) is 0 Å². The Morgan fingerprint density at radius 3 is 1.96 bits per heavy atom. The fraction of sp³-hybridized carbons (Fsp3) is 0.206. The molecule has 11 aromatic rings. The van der Waals surface area contributed by atoms with Gasteiger partial charge >= 0.3 is 6.18 Å². The molecule has 0 bridgehead atoms. The normalized spacial score (nSPS) is 12.5. The number of halogens is 3. The van der Waals surface area contributed by atoms with Gasteiger partial charge in [-0.15, -0.1) is 40.0 Å². The van der Waals surface area contributed by atoms with E-state index in [1.54, 1.807) is 18.3 Å². The molecule has 4 aromatic heterocycles. The van der Waals surface area contributed by atoms with Crippen LogP contribution in [-0.4, -0.2) is 29.8 Å². The molecule has 0 saturated heterocycles. The van der Waals surface area contributed by atoms with Crippen molar-refractivity contribution in [3.63, 3.8) is 0 Å². The van der Waals surface area contributed by atoms with Crippen LogP contribution >= 0.6 is 0 Å². The molecular formula is C63H53F3N5O3Pt-. The number of phenolic OH excluding ortho intramolecular Hbond substituents is 1. The van der Waals surface area contributed by atoms with E-state index in [4.69, 9.17) is 18.8 Å². The fourth-order valence-electron chi connectivity index (χ4n) is 9.98. The predicted octanol–water partition coefficient (Wildman–Crippen LogP) is 17.1. The zero-order valence-corrected chi connectivity index (χ0v) is 45.2. The van der Waals surface area contributed by atoms with Gasteiger partial charge in [0.25, 0.3) is 0 Å². The van der Waals surface area contributed by atoms with Gasteiger partial charge in [0.1, 0.15) is 28.3 Å². The summed E-state index contributed by atoms with van der Waals surface area (Å²) in [5, 5.41) is 20.9. The molecule has 75 heavy (non-hydrogen) atoms. The van der Waals surface area contributed by atoms with Crippen LogP contribution in [0.25, 0.3) is 106 Å². The van der Waals surface area contributed by atoms with Gasteiger partial charge in [-0.05, 0) is 80.0 Å². The second-order valence-electron chi connectivity index (χ2n) is 22.0. The van der Waals surface area contributed by atoms with E-state index in [1.165, 1.54) is 6.07 Å². The number of furan rings is 1. The Morgan fingerprint density at radius 1 is 0.627 bits per heavy atom. The van der Waals surface area contributed by atoms with E-state index in [-0.39, 0.29) is 60.1 Å². The molecule has 1 N–H and O–H groups in total. The van der Waals surface area contributed by atoms with Gasteiger partial charge in [0, 0.05) is 60.9 Å². The molecule has 11 rings (SSSR count). The molecular weight excluding hydrogens is 1130 g/mol. The van der Waals surface area contributed by atoms with Crippen LogP contribution in [-0.2, 0) is 43.5 Å². The van der Waals surface area contributed by atoms with E-state index in [0.29, 0.717) is 50.2 Å². The van der Waals surface area contributed by atoms with E-state index < -0.39 is 22.7 Å². The van der Waals surface area contributed by atoms with E-state index in [2.05, 4.69) is 115 Å². The van der Waals surface area contributed by atoms with Crippen LogP contribution in [0.4, 0.5) is 13.2 Å². The number of aromatic nitrogens is 5. The minimum absolute atomic E-state index is 0. The number of hydrogen-bond donors (Lipinski definition) is 1. The number of nitrogens with zero attached hydrogens (tertiary/aromatic N) is 5. The molecule has 4 heterocycles. The number of aromatic hydroxyl groups is 1. The van der Waals surface area contributed by atoms with E-state index in [0.717, 1.165) is 51.0 Å². The van der Waals surface area contributed by atoms with Crippen LogP contribution in [0.1, 0.15) is 84.6 Å². The van der Waals surface area contributed by atoms with Crippen molar-refractivity contribution in [2.75, 3.05) is 0 Å². The molecule has 0 unspecified atom stereocenters. The minimum Gasteiger partial charge on any atom is -0.507 e. The standard InChI is InChI=1S/C63H53F3N5O3.Pt/c1-60(2,3)41-23-26-49(45(31-41)37-19-14-11-15-20-37)71-50-34-51-53(43-24-25-44(59-70-68-35-73-59)54(57(43)74-51)63(64,65)66)52(40-22-16-21-39(29-40)48-30-38(27-28-67-48)36-17-12-10-13-18-36)55(50)69-58(71)46-32-42(61(4,5)6)33-47(56(46)72)62(7,8)9;/h10-28,30-35,72H,1-9H3;/q-1;. The zero-order chi connectivity index (χ0) is 52.1. The van der Waals surface area contributed by atoms with E-state index in [1.807, 2.05) is 89.5 Å². The molecule has 0 fully saturated rings. The molecule has 380 valence electrons.